The van der Waals surface area contributed by atoms with Gasteiger partial charge in [-0.05, 0) is 29.9 Å². The van der Waals surface area contributed by atoms with Gasteiger partial charge in [0.15, 0.2) is 0 Å². The first-order valence-electron chi connectivity index (χ1n) is 9.09. The highest BCUT2D eigenvalue weighted by atomic mass is 16.1. The van der Waals surface area contributed by atoms with Gasteiger partial charge in [-0.3, -0.25) is 15.6 Å². The molecule has 25 heavy (non-hydrogen) atoms. The number of benzene rings is 1. The average Bonchev–Trinajstić information content (AvgIpc) is 3.31. The maximum Gasteiger partial charge on any atom is 0.225 e. The summed E-state index contributed by atoms with van der Waals surface area (Å²) < 4.78 is 2.04. The molecule has 1 saturated heterocycles. The van der Waals surface area contributed by atoms with E-state index >= 15 is 0 Å². The van der Waals surface area contributed by atoms with Crippen molar-refractivity contribution in [1.29, 1.82) is 0 Å². The number of amides is 1. The predicted octanol–water partition coefficient (Wildman–Crippen LogP) is 1.44. The zero-order valence-electron chi connectivity index (χ0n) is 14.3. The monoisotopic (exact) mass is 339 g/mol. The van der Waals surface area contributed by atoms with Gasteiger partial charge in [-0.2, -0.15) is 0 Å². The van der Waals surface area contributed by atoms with Crippen LogP contribution >= 0.6 is 0 Å². The molecule has 0 spiro atoms. The maximum absolute atomic E-state index is 12.7. The van der Waals surface area contributed by atoms with E-state index in [-0.39, 0.29) is 17.9 Å². The second-order valence-corrected chi connectivity index (χ2v) is 7.12. The molecule has 1 aromatic heterocycles. The van der Waals surface area contributed by atoms with Gasteiger partial charge in [-0.15, -0.1) is 0 Å². The van der Waals surface area contributed by atoms with Gasteiger partial charge in [0.25, 0.3) is 0 Å². The summed E-state index contributed by atoms with van der Waals surface area (Å²) in [5.41, 5.74) is 8.86. The van der Waals surface area contributed by atoms with Crippen molar-refractivity contribution < 1.29 is 4.79 Å². The van der Waals surface area contributed by atoms with Crippen molar-refractivity contribution in [2.75, 3.05) is 6.54 Å². The number of carbonyl (C=O) groups is 1. The first-order chi connectivity index (χ1) is 12.3. The van der Waals surface area contributed by atoms with Gasteiger partial charge in [0.2, 0.25) is 5.91 Å². The number of hydrogen-bond acceptors (Lipinski definition) is 4. The Morgan fingerprint density at radius 2 is 2.24 bits per heavy atom. The predicted molar refractivity (Wildman–Crippen MR) is 95.4 cm³/mol. The minimum Gasteiger partial charge on any atom is -0.352 e. The van der Waals surface area contributed by atoms with Gasteiger partial charge in [0.1, 0.15) is 0 Å². The van der Waals surface area contributed by atoms with E-state index in [4.69, 9.17) is 0 Å². The van der Waals surface area contributed by atoms with Gasteiger partial charge in [-0.1, -0.05) is 30.7 Å². The van der Waals surface area contributed by atoms with E-state index in [1.165, 1.54) is 12.0 Å². The van der Waals surface area contributed by atoms with Crippen LogP contribution in [-0.4, -0.2) is 28.0 Å². The van der Waals surface area contributed by atoms with Crippen molar-refractivity contribution in [3.63, 3.8) is 0 Å². The summed E-state index contributed by atoms with van der Waals surface area (Å²) in [5, 5.41) is 3.14. The number of nitrogens with zero attached hydrogens (tertiary/aromatic N) is 2. The van der Waals surface area contributed by atoms with Gasteiger partial charge in [0.05, 0.1) is 12.2 Å². The minimum absolute atomic E-state index is 0.0721. The van der Waals surface area contributed by atoms with E-state index < -0.39 is 0 Å². The summed E-state index contributed by atoms with van der Waals surface area (Å²) in [4.78, 5) is 16.7. The number of aromatic nitrogens is 2. The van der Waals surface area contributed by atoms with Crippen LogP contribution in [0.4, 0.5) is 0 Å². The molecule has 3 unspecified atom stereocenters. The Labute approximate surface area is 148 Å². The zero-order valence-corrected chi connectivity index (χ0v) is 14.3. The molecule has 1 aromatic carbocycles. The van der Waals surface area contributed by atoms with Crippen molar-refractivity contribution in [2.45, 2.75) is 38.4 Å². The first kappa shape index (κ1) is 16.3. The van der Waals surface area contributed by atoms with E-state index in [0.29, 0.717) is 12.5 Å². The summed E-state index contributed by atoms with van der Waals surface area (Å²) in [5.74, 6) is 0.830. The summed E-state index contributed by atoms with van der Waals surface area (Å²) >= 11 is 0. The van der Waals surface area contributed by atoms with Crippen molar-refractivity contribution in [1.82, 2.24) is 25.7 Å². The fourth-order valence-corrected chi connectivity index (χ4v) is 4.09. The number of imidazole rings is 1. The van der Waals surface area contributed by atoms with E-state index in [1.807, 2.05) is 23.2 Å². The molecule has 2 fully saturated rings. The van der Waals surface area contributed by atoms with Crippen molar-refractivity contribution >= 4 is 5.91 Å². The molecule has 3 atom stereocenters. The van der Waals surface area contributed by atoms with Crippen LogP contribution in [0.1, 0.15) is 30.4 Å². The molecule has 3 N–H and O–H groups in total. The standard InChI is InChI=1S/C19H25N5O/c25-19(17-6-2-5-16-11-22-23-18(16)17)21-10-14-3-1-4-15(9-14)12-24-8-7-20-13-24/h1,3-4,7-9,13,16-18,22-23H,2,5-6,10-12H2,(H,21,25). The first-order valence-corrected chi connectivity index (χ1v) is 9.09. The van der Waals surface area contributed by atoms with Crippen LogP contribution < -0.4 is 16.2 Å². The molecule has 6 heteroatoms. The number of fused-ring (bicyclic) bond motifs is 1. The van der Waals surface area contributed by atoms with Crippen LogP contribution in [-0.2, 0) is 17.9 Å². The number of carbonyl (C=O) groups excluding carboxylic acids is 1. The number of nitrogens with one attached hydrogen (secondary N) is 3. The largest absolute Gasteiger partial charge is 0.352 e. The lowest BCUT2D eigenvalue weighted by Crippen LogP contribution is -2.47. The molecule has 1 aliphatic heterocycles. The molecule has 1 saturated carbocycles. The topological polar surface area (TPSA) is 71.0 Å². The molecule has 0 radical (unpaired) electrons. The highest BCUT2D eigenvalue weighted by molar-refractivity contribution is 5.79. The van der Waals surface area contributed by atoms with Gasteiger partial charge in [-0.25, -0.2) is 4.98 Å². The van der Waals surface area contributed by atoms with Crippen molar-refractivity contribution in [3.05, 3.63) is 54.1 Å². The lowest BCUT2D eigenvalue weighted by Gasteiger charge is -2.31. The third-order valence-electron chi connectivity index (χ3n) is 5.38. The molecule has 0 bridgehead atoms. The second kappa shape index (κ2) is 7.37. The number of hydrazine groups is 1. The summed E-state index contributed by atoms with van der Waals surface area (Å²) in [6.07, 6.45) is 8.89. The summed E-state index contributed by atoms with van der Waals surface area (Å²) in [6.45, 7) is 2.35. The maximum atomic E-state index is 12.7. The summed E-state index contributed by atoms with van der Waals surface area (Å²) in [6, 6.07) is 8.65. The Bertz CT molecular complexity index is 714. The SMILES string of the molecule is O=C(NCc1cccc(Cn2ccnc2)c1)C1CCCC2CNNC21. The molecular weight excluding hydrogens is 314 g/mol. The van der Waals surface area contributed by atoms with Crippen LogP contribution in [0, 0.1) is 11.8 Å². The van der Waals surface area contributed by atoms with Crippen LogP contribution in [0.5, 0.6) is 0 Å². The number of rotatable bonds is 5. The minimum atomic E-state index is 0.0721. The van der Waals surface area contributed by atoms with Crippen molar-refractivity contribution in [3.8, 4) is 0 Å². The van der Waals surface area contributed by atoms with Gasteiger partial charge in [0, 0.05) is 38.1 Å². The molecule has 1 aliphatic carbocycles. The smallest absolute Gasteiger partial charge is 0.225 e. The van der Waals surface area contributed by atoms with Crippen LogP contribution in [0.25, 0.3) is 0 Å². The van der Waals surface area contributed by atoms with E-state index in [2.05, 4.69) is 39.4 Å². The van der Waals surface area contributed by atoms with Crippen LogP contribution in [0.15, 0.2) is 43.0 Å². The van der Waals surface area contributed by atoms with Crippen molar-refractivity contribution in [2.24, 2.45) is 11.8 Å². The third-order valence-corrected chi connectivity index (χ3v) is 5.38. The molecular formula is C19H25N5O. The Morgan fingerprint density at radius 1 is 1.32 bits per heavy atom. The Morgan fingerprint density at radius 3 is 3.12 bits per heavy atom. The summed E-state index contributed by atoms with van der Waals surface area (Å²) in [7, 11) is 0. The highest BCUT2D eigenvalue weighted by Crippen LogP contribution is 2.31. The Balaban J connectivity index is 1.35. The van der Waals surface area contributed by atoms with Crippen LogP contribution in [0.2, 0.25) is 0 Å². The second-order valence-electron chi connectivity index (χ2n) is 7.12. The average molecular weight is 339 g/mol. The molecule has 132 valence electrons. The van der Waals surface area contributed by atoms with Crippen LogP contribution in [0.3, 0.4) is 0 Å². The molecule has 1 amide bonds. The molecule has 6 nitrogen and oxygen atoms in total. The Kier molecular flexibility index (Phi) is 4.81. The lowest BCUT2D eigenvalue weighted by molar-refractivity contribution is -0.127. The fourth-order valence-electron chi connectivity index (χ4n) is 4.09. The zero-order chi connectivity index (χ0) is 17.1. The quantitative estimate of drug-likeness (QED) is 0.771. The van der Waals surface area contributed by atoms with E-state index in [0.717, 1.165) is 31.5 Å². The molecule has 2 aromatic rings. The Hall–Kier alpha value is -2.18. The number of hydrogen-bond donors (Lipinski definition) is 3. The van der Waals surface area contributed by atoms with Gasteiger partial charge >= 0.3 is 0 Å². The highest BCUT2D eigenvalue weighted by Gasteiger charge is 2.39. The fraction of sp³-hybridized carbons (Fsp3) is 0.474. The molecule has 2 heterocycles. The molecule has 2 aliphatic rings. The molecule has 4 rings (SSSR count). The van der Waals surface area contributed by atoms with E-state index in [9.17, 15) is 4.79 Å². The van der Waals surface area contributed by atoms with E-state index in [1.54, 1.807) is 6.20 Å². The normalized spacial score (nSPS) is 25.5. The third kappa shape index (κ3) is 3.75. The van der Waals surface area contributed by atoms with Gasteiger partial charge < -0.3 is 9.88 Å². The lowest BCUT2D eigenvalue weighted by atomic mass is 9.77.